The van der Waals surface area contributed by atoms with Crippen molar-refractivity contribution in [2.75, 3.05) is 5.73 Å². The second-order valence-electron chi connectivity index (χ2n) is 3.39. The number of aromatic nitrogens is 3. The van der Waals surface area contributed by atoms with Crippen LogP contribution in [-0.4, -0.2) is 14.8 Å². The van der Waals surface area contributed by atoms with Gasteiger partial charge in [-0.2, -0.15) is 5.10 Å². The number of ether oxygens (including phenoxy) is 1. The molecule has 0 saturated heterocycles. The molecule has 90 valence electrons. The van der Waals surface area contributed by atoms with Crippen LogP contribution in [0.2, 0.25) is 5.02 Å². The second-order valence-corrected chi connectivity index (χ2v) is 3.80. The van der Waals surface area contributed by atoms with E-state index in [1.807, 2.05) is 0 Å². The molecule has 0 saturated carbocycles. The van der Waals surface area contributed by atoms with Crippen molar-refractivity contribution in [3.63, 3.8) is 0 Å². The van der Waals surface area contributed by atoms with Crippen molar-refractivity contribution < 1.29 is 9.13 Å². The molecular weight excluding hydrogens is 247 g/mol. The zero-order chi connectivity index (χ0) is 12.4. The van der Waals surface area contributed by atoms with Crippen LogP contribution in [0.25, 0.3) is 0 Å². The first kappa shape index (κ1) is 11.7. The van der Waals surface area contributed by atoms with Gasteiger partial charge in [0, 0.05) is 13.1 Å². The highest BCUT2D eigenvalue weighted by Crippen LogP contribution is 2.29. The fraction of sp³-hybridized carbons (Fsp3) is 0.200. The maximum atomic E-state index is 13.2. The summed E-state index contributed by atoms with van der Waals surface area (Å²) in [6.45, 7) is 0.152. The highest BCUT2D eigenvalue weighted by atomic mass is 35.5. The van der Waals surface area contributed by atoms with Gasteiger partial charge in [0.25, 0.3) is 0 Å². The van der Waals surface area contributed by atoms with E-state index < -0.39 is 5.82 Å². The van der Waals surface area contributed by atoms with E-state index in [9.17, 15) is 4.39 Å². The molecule has 1 aromatic carbocycles. The van der Waals surface area contributed by atoms with Gasteiger partial charge in [0.15, 0.2) is 5.82 Å². The molecule has 0 aliphatic carbocycles. The molecule has 0 unspecified atom stereocenters. The molecule has 0 radical (unpaired) electrons. The Kier molecular flexibility index (Phi) is 3.14. The summed E-state index contributed by atoms with van der Waals surface area (Å²) in [6, 6.07) is 2.46. The number of rotatable bonds is 3. The Balaban J connectivity index is 2.14. The smallest absolute Gasteiger partial charge is 0.164 e. The molecule has 0 aliphatic heterocycles. The van der Waals surface area contributed by atoms with Crippen LogP contribution in [0, 0.1) is 5.82 Å². The lowest BCUT2D eigenvalue weighted by molar-refractivity contribution is 0.288. The van der Waals surface area contributed by atoms with E-state index in [1.54, 1.807) is 11.7 Å². The van der Waals surface area contributed by atoms with E-state index in [4.69, 9.17) is 22.1 Å². The van der Waals surface area contributed by atoms with Gasteiger partial charge in [0.1, 0.15) is 24.5 Å². The molecule has 7 heteroatoms. The number of nitrogens with zero attached hydrogens (tertiary/aromatic N) is 3. The first-order valence-corrected chi connectivity index (χ1v) is 5.16. The molecule has 2 rings (SSSR count). The van der Waals surface area contributed by atoms with Crippen molar-refractivity contribution in [1.82, 2.24) is 14.8 Å². The summed E-state index contributed by atoms with van der Waals surface area (Å²) in [7, 11) is 1.73. The number of nitrogen functional groups attached to an aromatic ring is 1. The summed E-state index contributed by atoms with van der Waals surface area (Å²) in [5, 5.41) is 4.14. The van der Waals surface area contributed by atoms with Crippen molar-refractivity contribution in [3.05, 3.63) is 35.1 Å². The average Bonchev–Trinajstić information content (AvgIpc) is 2.68. The Bertz CT molecular complexity index is 543. The summed E-state index contributed by atoms with van der Waals surface area (Å²) in [6.07, 6.45) is 1.41. The predicted molar refractivity (Wildman–Crippen MR) is 61.2 cm³/mol. The van der Waals surface area contributed by atoms with Crippen LogP contribution in [0.5, 0.6) is 5.75 Å². The average molecular weight is 257 g/mol. The molecule has 0 atom stereocenters. The Labute approximate surface area is 102 Å². The zero-order valence-corrected chi connectivity index (χ0v) is 9.78. The third-order valence-electron chi connectivity index (χ3n) is 2.21. The third kappa shape index (κ3) is 2.47. The molecule has 2 aromatic rings. The number of benzene rings is 1. The highest BCUT2D eigenvalue weighted by molar-refractivity contribution is 6.32. The van der Waals surface area contributed by atoms with Crippen molar-refractivity contribution in [1.29, 1.82) is 0 Å². The van der Waals surface area contributed by atoms with Gasteiger partial charge in [-0.05, 0) is 6.07 Å². The molecule has 0 bridgehead atoms. The summed E-state index contributed by atoms with van der Waals surface area (Å²) in [5.41, 5.74) is 5.35. The van der Waals surface area contributed by atoms with Crippen molar-refractivity contribution in [2.45, 2.75) is 6.61 Å². The topological polar surface area (TPSA) is 66.0 Å². The van der Waals surface area contributed by atoms with E-state index in [1.165, 1.54) is 12.4 Å². The summed E-state index contributed by atoms with van der Waals surface area (Å²) < 4.78 is 20.1. The first-order chi connectivity index (χ1) is 8.08. The van der Waals surface area contributed by atoms with E-state index in [0.29, 0.717) is 5.82 Å². The maximum absolute atomic E-state index is 13.2. The lowest BCUT2D eigenvalue weighted by Crippen LogP contribution is -2.05. The van der Waals surface area contributed by atoms with Crippen molar-refractivity contribution in [3.8, 4) is 5.75 Å². The Hall–Kier alpha value is -1.82. The number of hydrogen-bond donors (Lipinski definition) is 1. The van der Waals surface area contributed by atoms with Gasteiger partial charge in [0.05, 0.1) is 10.7 Å². The number of hydrogen-bond acceptors (Lipinski definition) is 4. The minimum absolute atomic E-state index is 0.0130. The van der Waals surface area contributed by atoms with Gasteiger partial charge in [-0.3, -0.25) is 4.68 Å². The van der Waals surface area contributed by atoms with Gasteiger partial charge in [-0.25, -0.2) is 9.37 Å². The molecule has 5 nitrogen and oxygen atoms in total. The fourth-order valence-corrected chi connectivity index (χ4v) is 1.47. The molecule has 0 amide bonds. The van der Waals surface area contributed by atoms with Gasteiger partial charge < -0.3 is 10.5 Å². The van der Waals surface area contributed by atoms with Crippen LogP contribution >= 0.6 is 11.6 Å². The van der Waals surface area contributed by atoms with Crippen LogP contribution in [0.3, 0.4) is 0 Å². The van der Waals surface area contributed by atoms with Gasteiger partial charge in [-0.15, -0.1) is 0 Å². The molecule has 2 N–H and O–H groups in total. The van der Waals surface area contributed by atoms with Crippen molar-refractivity contribution in [2.24, 2.45) is 7.05 Å². The monoisotopic (exact) mass is 256 g/mol. The molecule has 0 fully saturated rings. The highest BCUT2D eigenvalue weighted by Gasteiger charge is 2.09. The van der Waals surface area contributed by atoms with Gasteiger partial charge in [-0.1, -0.05) is 11.6 Å². The van der Waals surface area contributed by atoms with Crippen molar-refractivity contribution >= 4 is 17.3 Å². The lowest BCUT2D eigenvalue weighted by Gasteiger charge is -2.08. The number of aryl methyl sites for hydroxylation is 1. The number of halogens is 2. The predicted octanol–water partition coefficient (Wildman–Crippen LogP) is 1.77. The normalized spacial score (nSPS) is 10.5. The van der Waals surface area contributed by atoms with E-state index in [2.05, 4.69) is 10.1 Å². The lowest BCUT2D eigenvalue weighted by atomic mass is 10.3. The minimum Gasteiger partial charge on any atom is -0.484 e. The molecule has 1 heterocycles. The first-order valence-electron chi connectivity index (χ1n) is 4.78. The molecule has 17 heavy (non-hydrogen) atoms. The summed E-state index contributed by atoms with van der Waals surface area (Å²) in [4.78, 5) is 3.97. The van der Waals surface area contributed by atoms with Crippen LogP contribution in [-0.2, 0) is 13.7 Å². The summed E-state index contributed by atoms with van der Waals surface area (Å²) >= 11 is 5.87. The standard InChI is InChI=1S/C10H10ClFN4O/c1-16-10(14-5-15-16)4-17-9-3-7(12)8(13)2-6(9)11/h2-3,5H,4,13H2,1H3. The van der Waals surface area contributed by atoms with E-state index in [0.717, 1.165) is 6.07 Å². The quantitative estimate of drug-likeness (QED) is 0.850. The Morgan fingerprint density at radius 2 is 2.29 bits per heavy atom. The third-order valence-corrected chi connectivity index (χ3v) is 2.51. The fourth-order valence-electron chi connectivity index (χ4n) is 1.25. The zero-order valence-electron chi connectivity index (χ0n) is 9.02. The minimum atomic E-state index is -0.567. The SMILES string of the molecule is Cn1ncnc1COc1cc(F)c(N)cc1Cl. The Morgan fingerprint density at radius 3 is 2.94 bits per heavy atom. The Morgan fingerprint density at radius 1 is 1.53 bits per heavy atom. The van der Waals surface area contributed by atoms with Gasteiger partial charge >= 0.3 is 0 Å². The molecule has 0 aliphatic rings. The summed E-state index contributed by atoms with van der Waals surface area (Å²) in [5.74, 6) is 0.266. The largest absolute Gasteiger partial charge is 0.484 e. The maximum Gasteiger partial charge on any atom is 0.164 e. The molecular formula is C10H10ClFN4O. The second kappa shape index (κ2) is 4.58. The molecule has 0 spiro atoms. The number of nitrogens with two attached hydrogens (primary N) is 1. The van der Waals surface area contributed by atoms with Crippen LogP contribution in [0.1, 0.15) is 5.82 Å². The molecule has 1 aromatic heterocycles. The van der Waals surface area contributed by atoms with Crippen LogP contribution < -0.4 is 10.5 Å². The number of anilines is 1. The van der Waals surface area contributed by atoms with Gasteiger partial charge in [0.2, 0.25) is 0 Å². The van der Waals surface area contributed by atoms with E-state index >= 15 is 0 Å². The van der Waals surface area contributed by atoms with Crippen LogP contribution in [0.4, 0.5) is 10.1 Å². The van der Waals surface area contributed by atoms with E-state index in [-0.39, 0.29) is 23.1 Å². The van der Waals surface area contributed by atoms with Crippen LogP contribution in [0.15, 0.2) is 18.5 Å².